The van der Waals surface area contributed by atoms with Gasteiger partial charge < -0.3 is 10.4 Å². The maximum absolute atomic E-state index is 12.4. The highest BCUT2D eigenvalue weighted by atomic mass is 16.4. The molecule has 0 aliphatic heterocycles. The average molecular weight is 293 g/mol. The molecule has 0 radical (unpaired) electrons. The summed E-state index contributed by atoms with van der Waals surface area (Å²) in [5.74, 6) is -1.47. The number of nitrogens with one attached hydrogen (secondary N) is 1. The maximum Gasteiger partial charge on any atom is 0.326 e. The van der Waals surface area contributed by atoms with Crippen molar-refractivity contribution < 1.29 is 14.7 Å². The first-order valence-corrected chi connectivity index (χ1v) is 7.61. The van der Waals surface area contributed by atoms with Gasteiger partial charge in [-0.05, 0) is 24.8 Å². The molecule has 6 heteroatoms. The van der Waals surface area contributed by atoms with Gasteiger partial charge in [0.25, 0.3) is 5.91 Å². The Morgan fingerprint density at radius 1 is 1.48 bits per heavy atom. The molecule has 1 fully saturated rings. The Kier molecular flexibility index (Phi) is 4.98. The molecule has 0 bridgehead atoms. The third-order valence-electron chi connectivity index (χ3n) is 4.34. The molecule has 1 aliphatic carbocycles. The second-order valence-corrected chi connectivity index (χ2v) is 5.77. The zero-order chi connectivity index (χ0) is 15.4. The summed E-state index contributed by atoms with van der Waals surface area (Å²) in [7, 11) is 0. The van der Waals surface area contributed by atoms with Crippen LogP contribution in [0.3, 0.4) is 0 Å². The van der Waals surface area contributed by atoms with Crippen LogP contribution in [0.2, 0.25) is 0 Å². The van der Waals surface area contributed by atoms with Crippen molar-refractivity contribution in [2.45, 2.75) is 58.0 Å². The van der Waals surface area contributed by atoms with Gasteiger partial charge >= 0.3 is 5.97 Å². The van der Waals surface area contributed by atoms with Crippen molar-refractivity contribution in [3.8, 4) is 0 Å². The monoisotopic (exact) mass is 293 g/mol. The number of hydrogen-bond acceptors (Lipinski definition) is 3. The second-order valence-electron chi connectivity index (χ2n) is 5.77. The van der Waals surface area contributed by atoms with Crippen molar-refractivity contribution in [3.63, 3.8) is 0 Å². The fourth-order valence-corrected chi connectivity index (χ4v) is 2.83. The van der Waals surface area contributed by atoms with Gasteiger partial charge in [-0.3, -0.25) is 9.48 Å². The summed E-state index contributed by atoms with van der Waals surface area (Å²) in [6, 6.07) is 1.05. The summed E-state index contributed by atoms with van der Waals surface area (Å²) in [6.45, 7) is 3.74. The molecule has 116 valence electrons. The van der Waals surface area contributed by atoms with Gasteiger partial charge in [0.05, 0.1) is 6.04 Å². The Balaban J connectivity index is 2.12. The molecule has 2 atom stereocenters. The quantitative estimate of drug-likeness (QED) is 0.842. The van der Waals surface area contributed by atoms with Crippen molar-refractivity contribution in [2.75, 3.05) is 0 Å². The lowest BCUT2D eigenvalue weighted by molar-refractivity contribution is -0.140. The lowest BCUT2D eigenvalue weighted by Crippen LogP contribution is -2.45. The number of carbonyl (C=O) groups is 2. The standard InChI is InChI=1S/C15H23N3O3/c1-3-10(2)13(15(20)21)17-14(19)12-8-9-16-18(12)11-6-4-5-7-11/h8-11,13H,3-7H2,1-2H3,(H,17,19)(H,20,21)/t10-,13-/m0/s1. The number of nitrogens with zero attached hydrogens (tertiary/aromatic N) is 2. The number of carboxylic acid groups (broad SMARTS) is 1. The minimum absolute atomic E-state index is 0.116. The summed E-state index contributed by atoms with van der Waals surface area (Å²) >= 11 is 0. The van der Waals surface area contributed by atoms with E-state index in [1.54, 1.807) is 16.9 Å². The van der Waals surface area contributed by atoms with E-state index in [2.05, 4.69) is 10.4 Å². The van der Waals surface area contributed by atoms with Crippen LogP contribution in [0, 0.1) is 5.92 Å². The third-order valence-corrected chi connectivity index (χ3v) is 4.34. The Hall–Kier alpha value is -1.85. The molecule has 1 aromatic heterocycles. The largest absolute Gasteiger partial charge is 0.480 e. The zero-order valence-electron chi connectivity index (χ0n) is 12.6. The van der Waals surface area contributed by atoms with Gasteiger partial charge in [-0.15, -0.1) is 0 Å². The minimum Gasteiger partial charge on any atom is -0.480 e. The second kappa shape index (κ2) is 6.74. The normalized spacial score (nSPS) is 18.4. The first-order chi connectivity index (χ1) is 10.0. The van der Waals surface area contributed by atoms with Crippen LogP contribution in [-0.4, -0.2) is 32.8 Å². The van der Waals surface area contributed by atoms with E-state index in [1.165, 1.54) is 0 Å². The van der Waals surface area contributed by atoms with E-state index in [1.807, 2.05) is 13.8 Å². The van der Waals surface area contributed by atoms with E-state index in [0.29, 0.717) is 12.1 Å². The topological polar surface area (TPSA) is 84.2 Å². The average Bonchev–Trinajstić information content (AvgIpc) is 3.12. The van der Waals surface area contributed by atoms with Gasteiger partial charge in [-0.25, -0.2) is 4.79 Å². The molecule has 21 heavy (non-hydrogen) atoms. The minimum atomic E-state index is -0.996. The van der Waals surface area contributed by atoms with Gasteiger partial charge in [0, 0.05) is 6.20 Å². The number of hydrogen-bond donors (Lipinski definition) is 2. The highest BCUT2D eigenvalue weighted by Gasteiger charge is 2.28. The number of carboxylic acids is 1. The van der Waals surface area contributed by atoms with E-state index in [0.717, 1.165) is 25.7 Å². The number of aliphatic carboxylic acids is 1. The fourth-order valence-electron chi connectivity index (χ4n) is 2.83. The lowest BCUT2D eigenvalue weighted by atomic mass is 9.99. The highest BCUT2D eigenvalue weighted by molar-refractivity contribution is 5.95. The summed E-state index contributed by atoms with van der Waals surface area (Å²) in [6.07, 6.45) is 6.64. The van der Waals surface area contributed by atoms with E-state index in [-0.39, 0.29) is 17.9 Å². The lowest BCUT2D eigenvalue weighted by Gasteiger charge is -2.21. The summed E-state index contributed by atoms with van der Waals surface area (Å²) < 4.78 is 1.75. The Morgan fingerprint density at radius 2 is 2.14 bits per heavy atom. The molecular formula is C15H23N3O3. The van der Waals surface area contributed by atoms with E-state index in [4.69, 9.17) is 0 Å². The summed E-state index contributed by atoms with van der Waals surface area (Å²) in [4.78, 5) is 23.7. The maximum atomic E-state index is 12.4. The molecule has 0 aromatic carbocycles. The van der Waals surface area contributed by atoms with Crippen molar-refractivity contribution in [1.82, 2.24) is 15.1 Å². The molecule has 2 N–H and O–H groups in total. The third kappa shape index (κ3) is 3.43. The molecule has 1 aromatic rings. The van der Waals surface area contributed by atoms with Gasteiger partial charge in [-0.2, -0.15) is 5.10 Å². The van der Waals surface area contributed by atoms with Gasteiger partial charge in [0.1, 0.15) is 11.7 Å². The molecule has 2 rings (SSSR count). The van der Waals surface area contributed by atoms with Crippen LogP contribution in [0.1, 0.15) is 62.5 Å². The zero-order valence-corrected chi connectivity index (χ0v) is 12.6. The summed E-state index contributed by atoms with van der Waals surface area (Å²) in [5, 5.41) is 16.1. The van der Waals surface area contributed by atoms with Crippen molar-refractivity contribution in [3.05, 3.63) is 18.0 Å². The van der Waals surface area contributed by atoms with Crippen LogP contribution < -0.4 is 5.32 Å². The van der Waals surface area contributed by atoms with E-state index < -0.39 is 12.0 Å². The van der Waals surface area contributed by atoms with Crippen LogP contribution in [0.15, 0.2) is 12.3 Å². The van der Waals surface area contributed by atoms with E-state index >= 15 is 0 Å². The predicted molar refractivity (Wildman–Crippen MR) is 78.1 cm³/mol. The molecule has 1 amide bonds. The molecule has 0 saturated heterocycles. The van der Waals surface area contributed by atoms with Crippen LogP contribution in [0.4, 0.5) is 0 Å². The smallest absolute Gasteiger partial charge is 0.326 e. The predicted octanol–water partition coefficient (Wildman–Crippen LogP) is 2.23. The Morgan fingerprint density at radius 3 is 2.71 bits per heavy atom. The van der Waals surface area contributed by atoms with Crippen molar-refractivity contribution in [2.24, 2.45) is 5.92 Å². The number of aromatic nitrogens is 2. The first-order valence-electron chi connectivity index (χ1n) is 7.61. The van der Waals surface area contributed by atoms with E-state index in [9.17, 15) is 14.7 Å². The molecule has 1 heterocycles. The Bertz CT molecular complexity index is 506. The molecular weight excluding hydrogens is 270 g/mol. The molecule has 6 nitrogen and oxygen atoms in total. The van der Waals surface area contributed by atoms with Crippen LogP contribution in [0.25, 0.3) is 0 Å². The molecule has 0 unspecified atom stereocenters. The highest BCUT2D eigenvalue weighted by Crippen LogP contribution is 2.29. The molecule has 0 spiro atoms. The van der Waals surface area contributed by atoms with Gasteiger partial charge in [0.15, 0.2) is 0 Å². The van der Waals surface area contributed by atoms with Crippen molar-refractivity contribution in [1.29, 1.82) is 0 Å². The van der Waals surface area contributed by atoms with Crippen LogP contribution in [0.5, 0.6) is 0 Å². The van der Waals surface area contributed by atoms with Crippen molar-refractivity contribution >= 4 is 11.9 Å². The van der Waals surface area contributed by atoms with Gasteiger partial charge in [-0.1, -0.05) is 33.1 Å². The van der Waals surface area contributed by atoms with Gasteiger partial charge in [0.2, 0.25) is 0 Å². The number of amides is 1. The first kappa shape index (κ1) is 15.5. The number of rotatable bonds is 6. The Labute approximate surface area is 124 Å². The molecule has 1 saturated carbocycles. The SMILES string of the molecule is CC[C@H](C)[C@H](NC(=O)c1ccnn1C1CCCC1)C(=O)O. The molecule has 1 aliphatic rings. The fraction of sp³-hybridized carbons (Fsp3) is 0.667. The van der Waals surface area contributed by atoms with Crippen LogP contribution in [-0.2, 0) is 4.79 Å². The number of carbonyl (C=O) groups excluding carboxylic acids is 1. The van der Waals surface area contributed by atoms with Crippen LogP contribution >= 0.6 is 0 Å². The summed E-state index contributed by atoms with van der Waals surface area (Å²) in [5.41, 5.74) is 0.455.